The Kier molecular flexibility index (Phi) is 6.31. The number of carboxylic acids is 1. The third-order valence-electron chi connectivity index (χ3n) is 6.25. The van der Waals surface area contributed by atoms with Gasteiger partial charge in [-0.1, -0.05) is 48.5 Å². The summed E-state index contributed by atoms with van der Waals surface area (Å²) < 4.78 is 33.7. The van der Waals surface area contributed by atoms with Crippen molar-refractivity contribution in [1.29, 1.82) is 0 Å². The summed E-state index contributed by atoms with van der Waals surface area (Å²) in [6, 6.07) is 14.8. The van der Waals surface area contributed by atoms with E-state index in [4.69, 9.17) is 9.84 Å². The molecule has 1 saturated carbocycles. The maximum Gasteiger partial charge on any atom is 0.407 e. The number of halogens is 2. The van der Waals surface area contributed by atoms with Gasteiger partial charge in [-0.25, -0.2) is 4.79 Å². The third-order valence-corrected chi connectivity index (χ3v) is 6.25. The zero-order chi connectivity index (χ0) is 23.6. The lowest BCUT2D eigenvalue weighted by atomic mass is 9.98. The number of amides is 2. The molecule has 0 unspecified atom stereocenters. The Balaban J connectivity index is 1.29. The zero-order valence-electron chi connectivity index (χ0n) is 17.7. The van der Waals surface area contributed by atoms with Crippen molar-refractivity contribution in [2.75, 3.05) is 13.2 Å². The lowest BCUT2D eigenvalue weighted by Crippen LogP contribution is -2.50. The van der Waals surface area contributed by atoms with Crippen LogP contribution >= 0.6 is 0 Å². The molecule has 2 aromatic carbocycles. The van der Waals surface area contributed by atoms with Crippen LogP contribution in [0.25, 0.3) is 11.1 Å². The van der Waals surface area contributed by atoms with Gasteiger partial charge in [0.2, 0.25) is 0 Å². The van der Waals surface area contributed by atoms with Gasteiger partial charge in [-0.05, 0) is 41.5 Å². The second-order valence-corrected chi connectivity index (χ2v) is 8.40. The summed E-state index contributed by atoms with van der Waals surface area (Å²) in [5.74, 6) is -7.26. The Hall–Kier alpha value is -3.49. The number of benzene rings is 2. The quantitative estimate of drug-likeness (QED) is 0.589. The van der Waals surface area contributed by atoms with Crippen molar-refractivity contribution in [2.24, 2.45) is 5.92 Å². The standard InChI is InChI=1S/C24H24F2N2O5/c25-24(26,22(31)28-15-10-9-14(11-15)21(29)30)13-27-23(32)33-12-20-18-7-3-1-5-16(18)17-6-2-4-8-19(17)20/h1-8,14-15,20H,9-13H2,(H,27,32)(H,28,31)(H,29,30)/t14-,15+/m1/s1. The van der Waals surface area contributed by atoms with Gasteiger partial charge in [0.1, 0.15) is 6.61 Å². The fraction of sp³-hybridized carbons (Fsp3) is 0.375. The number of ether oxygens (including phenoxy) is 1. The first-order valence-electron chi connectivity index (χ1n) is 10.8. The average molecular weight is 458 g/mol. The van der Waals surface area contributed by atoms with Crippen LogP contribution in [0.15, 0.2) is 48.5 Å². The number of rotatable bonds is 7. The molecule has 0 aliphatic heterocycles. The molecule has 2 aromatic rings. The van der Waals surface area contributed by atoms with E-state index in [0.29, 0.717) is 12.8 Å². The van der Waals surface area contributed by atoms with Crippen LogP contribution in [0.2, 0.25) is 0 Å². The normalized spacial score (nSPS) is 19.5. The summed E-state index contributed by atoms with van der Waals surface area (Å²) in [5, 5.41) is 13.1. The van der Waals surface area contributed by atoms with Crippen molar-refractivity contribution in [1.82, 2.24) is 10.6 Å². The SMILES string of the molecule is O=C(NCC(F)(F)C(=O)N[C@H]1CC[C@@H](C(=O)O)C1)OCC1c2ccccc2-c2ccccc21. The minimum atomic E-state index is -3.85. The first kappa shape index (κ1) is 22.7. The molecule has 0 heterocycles. The number of carbonyl (C=O) groups is 3. The van der Waals surface area contributed by atoms with E-state index >= 15 is 0 Å². The highest BCUT2D eigenvalue weighted by molar-refractivity contribution is 5.85. The Morgan fingerprint density at radius 1 is 1.00 bits per heavy atom. The molecule has 0 spiro atoms. The molecule has 0 saturated heterocycles. The summed E-state index contributed by atoms with van der Waals surface area (Å²) in [5.41, 5.74) is 4.07. The number of carbonyl (C=O) groups excluding carboxylic acids is 2. The fourth-order valence-corrected chi connectivity index (χ4v) is 4.54. The smallest absolute Gasteiger partial charge is 0.407 e. The van der Waals surface area contributed by atoms with E-state index in [2.05, 4.69) is 5.32 Å². The number of hydrogen-bond acceptors (Lipinski definition) is 4. The molecule has 9 heteroatoms. The molecule has 2 amide bonds. The number of carboxylic acid groups (broad SMARTS) is 1. The zero-order valence-corrected chi connectivity index (χ0v) is 17.7. The van der Waals surface area contributed by atoms with E-state index in [0.717, 1.165) is 22.3 Å². The lowest BCUT2D eigenvalue weighted by Gasteiger charge is -2.20. The molecular weight excluding hydrogens is 434 g/mol. The second kappa shape index (κ2) is 9.17. The van der Waals surface area contributed by atoms with Crippen molar-refractivity contribution in [3.05, 3.63) is 59.7 Å². The maximum atomic E-state index is 14.2. The predicted molar refractivity (Wildman–Crippen MR) is 115 cm³/mol. The molecule has 0 radical (unpaired) electrons. The Bertz CT molecular complexity index is 1030. The molecule has 2 aliphatic carbocycles. The van der Waals surface area contributed by atoms with Gasteiger partial charge in [0.05, 0.1) is 12.5 Å². The van der Waals surface area contributed by atoms with Gasteiger partial charge in [0.25, 0.3) is 5.91 Å². The molecule has 1 fully saturated rings. The molecule has 33 heavy (non-hydrogen) atoms. The van der Waals surface area contributed by atoms with Crippen molar-refractivity contribution < 1.29 is 33.0 Å². The molecule has 2 atom stereocenters. The average Bonchev–Trinajstić information content (AvgIpc) is 3.39. The largest absolute Gasteiger partial charge is 0.481 e. The van der Waals surface area contributed by atoms with Crippen LogP contribution in [-0.4, -0.2) is 48.2 Å². The van der Waals surface area contributed by atoms with Crippen LogP contribution < -0.4 is 10.6 Å². The number of alkyl halides is 2. The molecule has 0 aromatic heterocycles. The van der Waals surface area contributed by atoms with Crippen LogP contribution in [0.3, 0.4) is 0 Å². The number of nitrogens with one attached hydrogen (secondary N) is 2. The minimum Gasteiger partial charge on any atom is -0.481 e. The van der Waals surface area contributed by atoms with E-state index in [1.165, 1.54) is 0 Å². The topological polar surface area (TPSA) is 105 Å². The summed E-state index contributed by atoms with van der Waals surface area (Å²) in [6.07, 6.45) is -0.296. The summed E-state index contributed by atoms with van der Waals surface area (Å²) >= 11 is 0. The van der Waals surface area contributed by atoms with Gasteiger partial charge in [-0.2, -0.15) is 8.78 Å². The van der Waals surface area contributed by atoms with Crippen LogP contribution in [0.5, 0.6) is 0 Å². The van der Waals surface area contributed by atoms with Crippen molar-refractivity contribution in [3.8, 4) is 11.1 Å². The second-order valence-electron chi connectivity index (χ2n) is 8.40. The molecule has 7 nitrogen and oxygen atoms in total. The van der Waals surface area contributed by atoms with Crippen LogP contribution in [0.4, 0.5) is 13.6 Å². The van der Waals surface area contributed by atoms with Crippen molar-refractivity contribution in [3.63, 3.8) is 0 Å². The molecule has 4 rings (SSSR count). The highest BCUT2D eigenvalue weighted by Gasteiger charge is 2.42. The maximum absolute atomic E-state index is 14.2. The van der Waals surface area contributed by atoms with Crippen LogP contribution in [-0.2, 0) is 14.3 Å². The lowest BCUT2D eigenvalue weighted by molar-refractivity contribution is -0.146. The first-order chi connectivity index (χ1) is 15.8. The highest BCUT2D eigenvalue weighted by Crippen LogP contribution is 2.44. The first-order valence-corrected chi connectivity index (χ1v) is 10.8. The van der Waals surface area contributed by atoms with Crippen LogP contribution in [0, 0.1) is 5.92 Å². The Labute approximate surface area is 189 Å². The molecule has 0 bridgehead atoms. The summed E-state index contributed by atoms with van der Waals surface area (Å²) in [7, 11) is 0. The number of hydrogen-bond donors (Lipinski definition) is 3. The Morgan fingerprint density at radius 3 is 2.18 bits per heavy atom. The van der Waals surface area contributed by atoms with Gasteiger partial charge in [-0.15, -0.1) is 0 Å². The van der Waals surface area contributed by atoms with E-state index in [1.54, 1.807) is 0 Å². The number of alkyl carbamates (subject to hydrolysis) is 1. The van der Waals surface area contributed by atoms with Gasteiger partial charge < -0.3 is 20.5 Å². The highest BCUT2D eigenvalue weighted by atomic mass is 19.3. The summed E-state index contributed by atoms with van der Waals surface area (Å²) in [4.78, 5) is 35.0. The van der Waals surface area contributed by atoms with Crippen molar-refractivity contribution >= 4 is 18.0 Å². The molecular formula is C24H24F2N2O5. The molecule has 2 aliphatic rings. The van der Waals surface area contributed by atoms with Crippen LogP contribution in [0.1, 0.15) is 36.3 Å². The van der Waals surface area contributed by atoms with E-state index in [1.807, 2.05) is 53.8 Å². The van der Waals surface area contributed by atoms with Gasteiger partial charge in [-0.3, -0.25) is 9.59 Å². The monoisotopic (exact) mass is 458 g/mol. The van der Waals surface area contributed by atoms with Gasteiger partial charge in [0, 0.05) is 12.0 Å². The molecule has 3 N–H and O–H groups in total. The number of aliphatic carboxylic acids is 1. The van der Waals surface area contributed by atoms with Gasteiger partial charge >= 0.3 is 18.0 Å². The number of fused-ring (bicyclic) bond motifs is 3. The minimum absolute atomic E-state index is 0.0315. The predicted octanol–water partition coefficient (Wildman–Crippen LogP) is 3.53. The van der Waals surface area contributed by atoms with E-state index in [9.17, 15) is 23.2 Å². The fourth-order valence-electron chi connectivity index (χ4n) is 4.54. The van der Waals surface area contributed by atoms with Crippen molar-refractivity contribution in [2.45, 2.75) is 37.1 Å². The summed E-state index contributed by atoms with van der Waals surface area (Å²) in [6.45, 7) is -1.25. The Morgan fingerprint density at radius 2 is 1.61 bits per heavy atom. The van der Waals surface area contributed by atoms with Gasteiger partial charge in [0.15, 0.2) is 0 Å². The third kappa shape index (κ3) is 4.81. The van der Waals surface area contributed by atoms with E-state index < -0.39 is 42.4 Å². The molecule has 174 valence electrons. The van der Waals surface area contributed by atoms with E-state index in [-0.39, 0.29) is 18.9 Å².